The first-order valence-corrected chi connectivity index (χ1v) is 10.5. The van der Waals surface area contributed by atoms with E-state index in [9.17, 15) is 9.59 Å². The Morgan fingerprint density at radius 3 is 2.40 bits per heavy atom. The summed E-state index contributed by atoms with van der Waals surface area (Å²) in [6.45, 7) is 0.406. The quantitative estimate of drug-likeness (QED) is 0.498. The van der Waals surface area contributed by atoms with Crippen LogP contribution in [0, 0.1) is 0 Å². The van der Waals surface area contributed by atoms with Gasteiger partial charge in [-0.25, -0.2) is 14.3 Å². The Labute approximate surface area is 178 Å². The van der Waals surface area contributed by atoms with Gasteiger partial charge in [-0.15, -0.1) is 0 Å². The molecule has 30 heavy (non-hydrogen) atoms. The molecule has 0 atom stereocenters. The summed E-state index contributed by atoms with van der Waals surface area (Å²) in [6.07, 6.45) is 5.35. The SMILES string of the molecule is O=c1c2c(ncn2Cc2ccccc2Cl)n(-c2ccccc2)c(=O)n1C1CCCC1. The van der Waals surface area contributed by atoms with Crippen molar-refractivity contribution in [3.63, 3.8) is 0 Å². The molecule has 0 aliphatic heterocycles. The Morgan fingerprint density at radius 2 is 1.67 bits per heavy atom. The standard InChI is InChI=1S/C23H21ClN4O2/c24-19-13-7-4-8-16(19)14-26-15-25-21-20(26)22(29)28(18-11-5-6-12-18)23(30)27(21)17-9-2-1-3-10-17/h1-4,7-10,13,15,18H,5-6,11-12,14H2. The van der Waals surface area contributed by atoms with E-state index in [0.29, 0.717) is 28.4 Å². The van der Waals surface area contributed by atoms with E-state index in [-0.39, 0.29) is 17.3 Å². The first kappa shape index (κ1) is 18.9. The van der Waals surface area contributed by atoms with E-state index in [2.05, 4.69) is 4.98 Å². The number of halogens is 1. The topological polar surface area (TPSA) is 61.8 Å². The highest BCUT2D eigenvalue weighted by Crippen LogP contribution is 2.28. The van der Waals surface area contributed by atoms with Crippen LogP contribution in [-0.4, -0.2) is 18.7 Å². The van der Waals surface area contributed by atoms with Gasteiger partial charge in [-0.1, -0.05) is 60.8 Å². The molecule has 1 fully saturated rings. The largest absolute Gasteiger partial charge is 0.337 e. The summed E-state index contributed by atoms with van der Waals surface area (Å²) < 4.78 is 4.79. The first-order chi connectivity index (χ1) is 14.6. The molecule has 1 saturated carbocycles. The molecule has 0 spiro atoms. The molecule has 1 aliphatic rings. The van der Waals surface area contributed by atoms with Gasteiger partial charge in [0.05, 0.1) is 18.6 Å². The lowest BCUT2D eigenvalue weighted by Crippen LogP contribution is -2.41. The van der Waals surface area contributed by atoms with Crippen molar-refractivity contribution >= 4 is 22.8 Å². The van der Waals surface area contributed by atoms with Crippen molar-refractivity contribution in [3.05, 3.63) is 92.3 Å². The minimum absolute atomic E-state index is 0.0759. The number of para-hydroxylation sites is 1. The molecular formula is C23H21ClN4O2. The van der Waals surface area contributed by atoms with Crippen molar-refractivity contribution < 1.29 is 0 Å². The minimum Gasteiger partial charge on any atom is -0.320 e. The van der Waals surface area contributed by atoms with Gasteiger partial charge in [-0.3, -0.25) is 9.36 Å². The fourth-order valence-electron chi connectivity index (χ4n) is 4.38. The molecule has 2 aromatic carbocycles. The number of aromatic nitrogens is 4. The molecular weight excluding hydrogens is 400 g/mol. The highest BCUT2D eigenvalue weighted by molar-refractivity contribution is 6.31. The van der Waals surface area contributed by atoms with Crippen LogP contribution < -0.4 is 11.2 Å². The van der Waals surface area contributed by atoms with Crippen LogP contribution in [0.2, 0.25) is 5.02 Å². The maximum atomic E-state index is 13.5. The third-order valence-electron chi connectivity index (χ3n) is 5.85. The number of nitrogens with zero attached hydrogens (tertiary/aromatic N) is 4. The second-order valence-electron chi connectivity index (χ2n) is 7.70. The average molecular weight is 421 g/mol. The molecule has 6 nitrogen and oxygen atoms in total. The van der Waals surface area contributed by atoms with Crippen LogP contribution in [0.25, 0.3) is 16.9 Å². The minimum atomic E-state index is -0.325. The van der Waals surface area contributed by atoms with E-state index in [1.54, 1.807) is 15.5 Å². The maximum Gasteiger partial charge on any atom is 0.337 e. The van der Waals surface area contributed by atoms with Gasteiger partial charge in [0, 0.05) is 11.1 Å². The second kappa shape index (κ2) is 7.61. The van der Waals surface area contributed by atoms with Crippen molar-refractivity contribution in [2.45, 2.75) is 38.3 Å². The Hall–Kier alpha value is -3.12. The van der Waals surface area contributed by atoms with Crippen molar-refractivity contribution in [2.24, 2.45) is 0 Å². The second-order valence-corrected chi connectivity index (χ2v) is 8.11. The molecule has 2 heterocycles. The molecule has 1 aliphatic carbocycles. The maximum absolute atomic E-state index is 13.5. The number of rotatable bonds is 4. The van der Waals surface area contributed by atoms with Crippen molar-refractivity contribution in [1.29, 1.82) is 0 Å². The molecule has 0 radical (unpaired) electrons. The van der Waals surface area contributed by atoms with E-state index < -0.39 is 0 Å². The molecule has 0 N–H and O–H groups in total. The summed E-state index contributed by atoms with van der Waals surface area (Å²) in [7, 11) is 0. The van der Waals surface area contributed by atoms with E-state index in [4.69, 9.17) is 11.6 Å². The number of hydrogen-bond acceptors (Lipinski definition) is 3. The van der Waals surface area contributed by atoms with Crippen LogP contribution in [0.1, 0.15) is 37.3 Å². The van der Waals surface area contributed by atoms with Crippen LogP contribution in [0.5, 0.6) is 0 Å². The van der Waals surface area contributed by atoms with Crippen LogP contribution in [-0.2, 0) is 6.54 Å². The van der Waals surface area contributed by atoms with E-state index in [1.165, 1.54) is 4.57 Å². The van der Waals surface area contributed by atoms with Gasteiger partial charge in [0.25, 0.3) is 5.56 Å². The lowest BCUT2D eigenvalue weighted by atomic mass is 10.2. The number of fused-ring (bicyclic) bond motifs is 1. The third-order valence-corrected chi connectivity index (χ3v) is 6.22. The number of imidazole rings is 1. The summed E-state index contributed by atoms with van der Waals surface area (Å²) in [5, 5.41) is 0.631. The van der Waals surface area contributed by atoms with Crippen LogP contribution in [0.15, 0.2) is 70.5 Å². The van der Waals surface area contributed by atoms with Crippen LogP contribution in [0.4, 0.5) is 0 Å². The number of hydrogen-bond donors (Lipinski definition) is 0. The van der Waals surface area contributed by atoms with Crippen molar-refractivity contribution in [3.8, 4) is 5.69 Å². The first-order valence-electron chi connectivity index (χ1n) is 10.2. The molecule has 7 heteroatoms. The molecule has 0 unspecified atom stereocenters. The zero-order valence-corrected chi connectivity index (χ0v) is 17.1. The zero-order valence-electron chi connectivity index (χ0n) is 16.4. The van der Waals surface area contributed by atoms with Gasteiger partial charge in [0.1, 0.15) is 0 Å². The fraction of sp³-hybridized carbons (Fsp3) is 0.261. The highest BCUT2D eigenvalue weighted by atomic mass is 35.5. The summed E-state index contributed by atoms with van der Waals surface area (Å²) in [5.74, 6) is 0. The lowest BCUT2D eigenvalue weighted by molar-refractivity contribution is 0.474. The molecule has 152 valence electrons. The third kappa shape index (κ3) is 3.08. The fourth-order valence-corrected chi connectivity index (χ4v) is 4.57. The van der Waals surface area contributed by atoms with Crippen LogP contribution >= 0.6 is 11.6 Å². The Bertz CT molecular complexity index is 1330. The predicted octanol–water partition coefficient (Wildman–Crippen LogP) is 4.17. The molecule has 0 amide bonds. The van der Waals surface area contributed by atoms with E-state index >= 15 is 0 Å². The lowest BCUT2D eigenvalue weighted by Gasteiger charge is -2.17. The van der Waals surface area contributed by atoms with Crippen molar-refractivity contribution in [2.75, 3.05) is 0 Å². The van der Waals surface area contributed by atoms with E-state index in [1.807, 2.05) is 54.6 Å². The Balaban J connectivity index is 1.79. The summed E-state index contributed by atoms with van der Waals surface area (Å²) in [5.41, 5.74) is 1.78. The summed E-state index contributed by atoms with van der Waals surface area (Å²) in [6, 6.07) is 16.8. The smallest absolute Gasteiger partial charge is 0.320 e. The van der Waals surface area contributed by atoms with Crippen molar-refractivity contribution in [1.82, 2.24) is 18.7 Å². The zero-order chi connectivity index (χ0) is 20.7. The van der Waals surface area contributed by atoms with Gasteiger partial charge < -0.3 is 4.57 Å². The van der Waals surface area contributed by atoms with Crippen LogP contribution in [0.3, 0.4) is 0 Å². The van der Waals surface area contributed by atoms with Gasteiger partial charge >= 0.3 is 5.69 Å². The predicted molar refractivity (Wildman–Crippen MR) is 118 cm³/mol. The summed E-state index contributed by atoms with van der Waals surface area (Å²) >= 11 is 6.35. The van der Waals surface area contributed by atoms with Gasteiger partial charge in [-0.2, -0.15) is 0 Å². The number of benzene rings is 2. The highest BCUT2D eigenvalue weighted by Gasteiger charge is 2.26. The average Bonchev–Trinajstić information content (AvgIpc) is 3.41. The Morgan fingerprint density at radius 1 is 0.967 bits per heavy atom. The van der Waals surface area contributed by atoms with E-state index in [0.717, 1.165) is 31.2 Å². The van der Waals surface area contributed by atoms with Gasteiger partial charge in [0.15, 0.2) is 11.2 Å². The monoisotopic (exact) mass is 420 g/mol. The summed E-state index contributed by atoms with van der Waals surface area (Å²) in [4.78, 5) is 31.5. The molecule has 4 aromatic rings. The molecule has 2 aromatic heterocycles. The van der Waals surface area contributed by atoms with Gasteiger partial charge in [-0.05, 0) is 36.6 Å². The normalized spacial score (nSPS) is 14.6. The molecule has 5 rings (SSSR count). The van der Waals surface area contributed by atoms with Gasteiger partial charge in [0.2, 0.25) is 0 Å². The molecule has 0 bridgehead atoms. The molecule has 0 saturated heterocycles. The Kier molecular flexibility index (Phi) is 4.79.